The van der Waals surface area contributed by atoms with Gasteiger partial charge in [-0.3, -0.25) is 4.99 Å². The van der Waals surface area contributed by atoms with Crippen LogP contribution >= 0.6 is 24.0 Å². The van der Waals surface area contributed by atoms with Crippen molar-refractivity contribution in [1.82, 2.24) is 15.1 Å². The Kier molecular flexibility index (Phi) is 10.3. The van der Waals surface area contributed by atoms with Crippen LogP contribution in [0.3, 0.4) is 0 Å². The summed E-state index contributed by atoms with van der Waals surface area (Å²) in [6.45, 7) is 13.1. The van der Waals surface area contributed by atoms with Crippen LogP contribution in [0.2, 0.25) is 0 Å². The van der Waals surface area contributed by atoms with E-state index in [9.17, 15) is 0 Å². The Morgan fingerprint density at radius 2 is 2.05 bits per heavy atom. The van der Waals surface area contributed by atoms with Gasteiger partial charge in [0.2, 0.25) is 0 Å². The molecule has 0 aromatic heterocycles. The Bertz CT molecular complexity index is 274. The number of hydrogen-bond donors (Lipinski definition) is 2. The fraction of sp³-hybridized carbons (Fsp3) is 0.769. The molecule has 1 aliphatic heterocycles. The van der Waals surface area contributed by atoms with E-state index in [1.165, 1.54) is 13.1 Å². The monoisotopic (exact) mass is 381 g/mol. The van der Waals surface area contributed by atoms with Crippen LogP contribution in [0.4, 0.5) is 0 Å². The fourth-order valence-corrected chi connectivity index (χ4v) is 2.02. The number of nitrogens with one attached hydrogen (secondary N) is 1. The van der Waals surface area contributed by atoms with E-state index in [0.717, 1.165) is 26.2 Å². The Morgan fingerprint density at radius 3 is 2.63 bits per heavy atom. The number of nitrogens with two attached hydrogens (primary N) is 1. The topological polar surface area (TPSA) is 56.9 Å². The van der Waals surface area contributed by atoms with Crippen molar-refractivity contribution in [2.75, 3.05) is 52.9 Å². The van der Waals surface area contributed by atoms with Gasteiger partial charge in [0.25, 0.3) is 0 Å². The summed E-state index contributed by atoms with van der Waals surface area (Å²) in [6.07, 6.45) is 1.77. The van der Waals surface area contributed by atoms with Crippen molar-refractivity contribution in [3.8, 4) is 0 Å². The lowest BCUT2D eigenvalue weighted by molar-refractivity contribution is 0.140. The highest BCUT2D eigenvalue weighted by Gasteiger charge is 2.15. The minimum absolute atomic E-state index is 0. The van der Waals surface area contributed by atoms with Crippen molar-refractivity contribution in [2.45, 2.75) is 6.92 Å². The van der Waals surface area contributed by atoms with Gasteiger partial charge in [-0.2, -0.15) is 0 Å². The van der Waals surface area contributed by atoms with E-state index >= 15 is 0 Å². The van der Waals surface area contributed by atoms with Crippen molar-refractivity contribution in [3.05, 3.63) is 12.7 Å². The second-order valence-electron chi connectivity index (χ2n) is 5.10. The fourth-order valence-electron chi connectivity index (χ4n) is 2.02. The SMILES string of the molecule is C=CCNC(N)=NCC(C)CN1CCN(C)CC1.I. The molecule has 1 fully saturated rings. The van der Waals surface area contributed by atoms with Gasteiger partial charge in [-0.05, 0) is 13.0 Å². The molecule has 6 heteroatoms. The Labute approximate surface area is 134 Å². The van der Waals surface area contributed by atoms with Gasteiger partial charge in [-0.15, -0.1) is 30.6 Å². The van der Waals surface area contributed by atoms with E-state index in [1.807, 2.05) is 0 Å². The van der Waals surface area contributed by atoms with Gasteiger partial charge >= 0.3 is 0 Å². The van der Waals surface area contributed by atoms with Gasteiger partial charge < -0.3 is 20.9 Å². The van der Waals surface area contributed by atoms with Crippen LogP contribution in [0.5, 0.6) is 0 Å². The van der Waals surface area contributed by atoms with Crippen molar-refractivity contribution in [3.63, 3.8) is 0 Å². The lowest BCUT2D eigenvalue weighted by Crippen LogP contribution is -2.46. The molecule has 0 amide bonds. The molecule has 112 valence electrons. The molecule has 3 N–H and O–H groups in total. The summed E-state index contributed by atoms with van der Waals surface area (Å²) >= 11 is 0. The molecular weight excluding hydrogens is 353 g/mol. The molecule has 0 bridgehead atoms. The summed E-state index contributed by atoms with van der Waals surface area (Å²) in [6, 6.07) is 0. The minimum atomic E-state index is 0. The Morgan fingerprint density at radius 1 is 1.42 bits per heavy atom. The first-order valence-electron chi connectivity index (χ1n) is 6.67. The second-order valence-corrected chi connectivity index (χ2v) is 5.10. The van der Waals surface area contributed by atoms with Gasteiger partial charge in [0.05, 0.1) is 0 Å². The van der Waals surface area contributed by atoms with Crippen LogP contribution < -0.4 is 11.1 Å². The quantitative estimate of drug-likeness (QED) is 0.306. The summed E-state index contributed by atoms with van der Waals surface area (Å²) in [5.41, 5.74) is 5.73. The first kappa shape index (κ1) is 18.7. The summed E-state index contributed by atoms with van der Waals surface area (Å²) in [7, 11) is 2.18. The zero-order valence-electron chi connectivity index (χ0n) is 12.1. The minimum Gasteiger partial charge on any atom is -0.370 e. The van der Waals surface area contributed by atoms with E-state index in [2.05, 4.69) is 40.7 Å². The van der Waals surface area contributed by atoms with E-state index < -0.39 is 0 Å². The molecule has 1 unspecified atom stereocenters. The smallest absolute Gasteiger partial charge is 0.188 e. The van der Waals surface area contributed by atoms with Crippen LogP contribution in [0.1, 0.15) is 6.92 Å². The Hall–Kier alpha value is -0.340. The van der Waals surface area contributed by atoms with E-state index in [1.54, 1.807) is 6.08 Å². The number of aliphatic imine (C=N–C) groups is 1. The van der Waals surface area contributed by atoms with Gasteiger partial charge in [0.15, 0.2) is 5.96 Å². The summed E-state index contributed by atoms with van der Waals surface area (Å²) < 4.78 is 0. The lowest BCUT2D eigenvalue weighted by Gasteiger charge is -2.33. The maximum atomic E-state index is 5.73. The van der Waals surface area contributed by atoms with Gasteiger partial charge in [-0.1, -0.05) is 13.0 Å². The molecule has 5 nitrogen and oxygen atoms in total. The maximum absolute atomic E-state index is 5.73. The highest BCUT2D eigenvalue weighted by molar-refractivity contribution is 14.0. The van der Waals surface area contributed by atoms with E-state index in [4.69, 9.17) is 5.73 Å². The van der Waals surface area contributed by atoms with Crippen LogP contribution in [-0.2, 0) is 0 Å². The Balaban J connectivity index is 0.00000324. The molecule has 19 heavy (non-hydrogen) atoms. The molecule has 0 spiro atoms. The number of piperazine rings is 1. The molecule has 1 saturated heterocycles. The number of halogens is 1. The van der Waals surface area contributed by atoms with E-state index in [0.29, 0.717) is 18.4 Å². The van der Waals surface area contributed by atoms with Crippen molar-refractivity contribution >= 4 is 29.9 Å². The van der Waals surface area contributed by atoms with Crippen molar-refractivity contribution in [2.24, 2.45) is 16.6 Å². The van der Waals surface area contributed by atoms with Crippen molar-refractivity contribution in [1.29, 1.82) is 0 Å². The van der Waals surface area contributed by atoms with Crippen LogP contribution in [0.25, 0.3) is 0 Å². The van der Waals surface area contributed by atoms with Crippen LogP contribution in [0, 0.1) is 5.92 Å². The number of rotatable bonds is 6. The number of likely N-dealkylation sites (N-methyl/N-ethyl adjacent to an activating group) is 1. The van der Waals surface area contributed by atoms with Gasteiger partial charge in [0.1, 0.15) is 0 Å². The zero-order valence-corrected chi connectivity index (χ0v) is 14.5. The summed E-state index contributed by atoms with van der Waals surface area (Å²) in [4.78, 5) is 9.22. The maximum Gasteiger partial charge on any atom is 0.188 e. The van der Waals surface area contributed by atoms with Gasteiger partial charge in [0, 0.05) is 45.8 Å². The standard InChI is InChI=1S/C13H27N5.HI/c1-4-5-15-13(14)16-10-12(2)11-18-8-6-17(3)7-9-18;/h4,12H,1,5-11H2,2-3H3,(H3,14,15,16);1H. The first-order valence-corrected chi connectivity index (χ1v) is 6.67. The lowest BCUT2D eigenvalue weighted by atomic mass is 10.1. The highest BCUT2D eigenvalue weighted by atomic mass is 127. The normalized spacial score (nSPS) is 19.6. The molecule has 1 atom stereocenters. The van der Waals surface area contributed by atoms with Crippen LogP contribution in [-0.4, -0.2) is 68.6 Å². The molecule has 1 heterocycles. The number of guanidine groups is 1. The predicted octanol–water partition coefficient (Wildman–Crippen LogP) is 0.578. The first-order chi connectivity index (χ1) is 8.61. The van der Waals surface area contributed by atoms with Crippen molar-refractivity contribution < 1.29 is 0 Å². The summed E-state index contributed by atoms with van der Waals surface area (Å²) in [5, 5.41) is 2.99. The van der Waals surface area contributed by atoms with E-state index in [-0.39, 0.29) is 24.0 Å². The van der Waals surface area contributed by atoms with Gasteiger partial charge in [-0.25, -0.2) is 0 Å². The highest BCUT2D eigenvalue weighted by Crippen LogP contribution is 2.04. The molecule has 0 radical (unpaired) electrons. The molecule has 0 aromatic carbocycles. The third-order valence-corrected chi connectivity index (χ3v) is 3.17. The predicted molar refractivity (Wildman–Crippen MR) is 93.2 cm³/mol. The zero-order chi connectivity index (χ0) is 13.4. The molecule has 1 rings (SSSR count). The largest absolute Gasteiger partial charge is 0.370 e. The molecular formula is C13H28IN5. The third-order valence-electron chi connectivity index (χ3n) is 3.17. The average molecular weight is 381 g/mol. The molecule has 0 aliphatic carbocycles. The number of hydrogen-bond acceptors (Lipinski definition) is 3. The molecule has 1 aliphatic rings. The third kappa shape index (κ3) is 8.43. The molecule has 0 aromatic rings. The average Bonchev–Trinajstić information content (AvgIpc) is 2.36. The number of nitrogens with zero attached hydrogens (tertiary/aromatic N) is 3. The second kappa shape index (κ2) is 10.4. The molecule has 0 saturated carbocycles. The van der Waals surface area contributed by atoms with Crippen LogP contribution in [0.15, 0.2) is 17.6 Å². The summed E-state index contributed by atoms with van der Waals surface area (Å²) in [5.74, 6) is 1.05.